The first-order chi connectivity index (χ1) is 9.85. The summed E-state index contributed by atoms with van der Waals surface area (Å²) >= 11 is 17.4. The fraction of sp³-hybridized carbons (Fsp3) is 0.0909. The number of halogens is 3. The van der Waals surface area contributed by atoms with Gasteiger partial charge in [0.25, 0.3) is 10.0 Å². The fourth-order valence-corrected chi connectivity index (χ4v) is 3.13. The van der Waals surface area contributed by atoms with Gasteiger partial charge in [0.15, 0.2) is 11.0 Å². The highest BCUT2D eigenvalue weighted by atomic mass is 35.5. The van der Waals surface area contributed by atoms with Crippen LogP contribution in [0.15, 0.2) is 29.4 Å². The lowest BCUT2D eigenvalue weighted by Gasteiger charge is -2.12. The van der Waals surface area contributed by atoms with Crippen LogP contribution in [-0.4, -0.2) is 25.5 Å². The van der Waals surface area contributed by atoms with Crippen LogP contribution in [0.4, 0.5) is 5.82 Å². The average Bonchev–Trinajstić information content (AvgIpc) is 2.43. The van der Waals surface area contributed by atoms with Crippen molar-refractivity contribution in [1.29, 1.82) is 0 Å². The van der Waals surface area contributed by atoms with Crippen molar-refractivity contribution in [2.24, 2.45) is 0 Å². The number of nitrogens with one attached hydrogen (secondary N) is 1. The lowest BCUT2D eigenvalue weighted by atomic mass is 10.3. The Bertz CT molecular complexity index is 784. The maximum atomic E-state index is 12.4. The molecule has 21 heavy (non-hydrogen) atoms. The SMILES string of the molecule is COc1cc(Cl)ccc1S(=O)(=O)Nc1ncnc(Cl)c1Cl. The van der Waals surface area contributed by atoms with Gasteiger partial charge in [0.2, 0.25) is 0 Å². The Hall–Kier alpha value is -1.28. The molecule has 6 nitrogen and oxygen atoms in total. The molecule has 1 aromatic carbocycles. The minimum atomic E-state index is -3.98. The first kappa shape index (κ1) is 16.1. The van der Waals surface area contributed by atoms with Crippen molar-refractivity contribution in [3.63, 3.8) is 0 Å². The summed E-state index contributed by atoms with van der Waals surface area (Å²) in [5, 5.41) is 0.178. The first-order valence-electron chi connectivity index (χ1n) is 5.37. The normalized spacial score (nSPS) is 11.2. The summed E-state index contributed by atoms with van der Waals surface area (Å²) in [7, 11) is -2.65. The molecule has 1 N–H and O–H groups in total. The number of methoxy groups -OCH3 is 1. The molecule has 0 aliphatic carbocycles. The summed E-state index contributed by atoms with van der Waals surface area (Å²) in [5.74, 6) is -0.0417. The zero-order valence-corrected chi connectivity index (χ0v) is 13.6. The lowest BCUT2D eigenvalue weighted by molar-refractivity contribution is 0.403. The number of hydrogen-bond donors (Lipinski definition) is 1. The van der Waals surface area contributed by atoms with E-state index in [1.165, 1.54) is 25.3 Å². The van der Waals surface area contributed by atoms with Crippen LogP contribution >= 0.6 is 34.8 Å². The molecule has 0 saturated carbocycles. The van der Waals surface area contributed by atoms with E-state index in [4.69, 9.17) is 39.5 Å². The van der Waals surface area contributed by atoms with Crippen LogP contribution in [0.2, 0.25) is 15.2 Å². The van der Waals surface area contributed by atoms with Crippen LogP contribution in [0.3, 0.4) is 0 Å². The second-order valence-corrected chi connectivity index (χ2v) is 6.55. The van der Waals surface area contributed by atoms with Gasteiger partial charge in [0.05, 0.1) is 7.11 Å². The molecule has 0 spiro atoms. The molecule has 0 unspecified atom stereocenters. The fourth-order valence-electron chi connectivity index (χ4n) is 1.47. The number of benzene rings is 1. The Morgan fingerprint density at radius 2 is 1.90 bits per heavy atom. The second-order valence-electron chi connectivity index (χ2n) is 3.73. The average molecular weight is 369 g/mol. The van der Waals surface area contributed by atoms with Crippen molar-refractivity contribution in [3.05, 3.63) is 39.7 Å². The summed E-state index contributed by atoms with van der Waals surface area (Å²) in [6.45, 7) is 0. The molecular weight excluding hydrogens is 361 g/mol. The van der Waals surface area contributed by atoms with E-state index in [-0.39, 0.29) is 26.6 Å². The molecule has 2 rings (SSSR count). The molecule has 0 radical (unpaired) electrons. The van der Waals surface area contributed by atoms with Crippen molar-refractivity contribution in [3.8, 4) is 5.75 Å². The topological polar surface area (TPSA) is 81.2 Å². The van der Waals surface area contributed by atoms with E-state index in [1.54, 1.807) is 0 Å². The molecule has 0 aliphatic rings. The monoisotopic (exact) mass is 367 g/mol. The van der Waals surface area contributed by atoms with Crippen LogP contribution < -0.4 is 9.46 Å². The third-order valence-electron chi connectivity index (χ3n) is 2.39. The van der Waals surface area contributed by atoms with E-state index in [1.807, 2.05) is 0 Å². The lowest BCUT2D eigenvalue weighted by Crippen LogP contribution is -2.15. The van der Waals surface area contributed by atoms with Gasteiger partial charge < -0.3 is 4.74 Å². The molecule has 2 aromatic rings. The van der Waals surface area contributed by atoms with E-state index < -0.39 is 10.0 Å². The highest BCUT2D eigenvalue weighted by Crippen LogP contribution is 2.31. The Morgan fingerprint density at radius 3 is 2.57 bits per heavy atom. The Kier molecular flexibility index (Phi) is 4.77. The Morgan fingerprint density at radius 1 is 1.19 bits per heavy atom. The summed E-state index contributed by atoms with van der Waals surface area (Å²) in [5.41, 5.74) is 0. The number of nitrogens with zero attached hydrogens (tertiary/aromatic N) is 2. The van der Waals surface area contributed by atoms with Crippen LogP contribution in [0.5, 0.6) is 5.75 Å². The zero-order chi connectivity index (χ0) is 15.6. The molecule has 0 bridgehead atoms. The third-order valence-corrected chi connectivity index (χ3v) is 4.75. The summed E-state index contributed by atoms with van der Waals surface area (Å²) in [4.78, 5) is 7.26. The van der Waals surface area contributed by atoms with Crippen molar-refractivity contribution in [2.45, 2.75) is 4.90 Å². The van der Waals surface area contributed by atoms with Gasteiger partial charge in [-0.2, -0.15) is 0 Å². The number of hydrogen-bond acceptors (Lipinski definition) is 5. The Labute approximate surface area is 136 Å². The van der Waals surface area contributed by atoms with E-state index in [0.29, 0.717) is 5.02 Å². The number of anilines is 1. The van der Waals surface area contributed by atoms with Gasteiger partial charge in [-0.3, -0.25) is 4.72 Å². The highest BCUT2D eigenvalue weighted by Gasteiger charge is 2.22. The molecule has 0 saturated heterocycles. The minimum absolute atomic E-state index is 0.0626. The largest absolute Gasteiger partial charge is 0.495 e. The van der Waals surface area contributed by atoms with Gasteiger partial charge in [0, 0.05) is 11.1 Å². The van der Waals surface area contributed by atoms with E-state index in [0.717, 1.165) is 6.33 Å². The molecule has 0 fully saturated rings. The third kappa shape index (κ3) is 3.49. The van der Waals surface area contributed by atoms with Gasteiger partial charge >= 0.3 is 0 Å². The van der Waals surface area contributed by atoms with Crippen molar-refractivity contribution < 1.29 is 13.2 Å². The molecule has 112 valence electrons. The predicted molar refractivity (Wildman–Crippen MR) is 80.9 cm³/mol. The standard InChI is InChI=1S/C11H8Cl3N3O3S/c1-20-7-4-6(12)2-3-8(7)21(18,19)17-11-9(13)10(14)15-5-16-11/h2-5H,1H3,(H,15,16,17). The smallest absolute Gasteiger partial charge is 0.266 e. The Balaban J connectivity index is 2.46. The molecule has 0 aliphatic heterocycles. The quantitative estimate of drug-likeness (QED) is 0.838. The minimum Gasteiger partial charge on any atom is -0.495 e. The van der Waals surface area contributed by atoms with Gasteiger partial charge in [-0.15, -0.1) is 0 Å². The molecule has 0 amide bonds. The number of sulfonamides is 1. The van der Waals surface area contributed by atoms with Crippen LogP contribution in [0, 0.1) is 0 Å². The van der Waals surface area contributed by atoms with E-state index in [9.17, 15) is 8.42 Å². The molecule has 1 aromatic heterocycles. The van der Waals surface area contributed by atoms with E-state index >= 15 is 0 Å². The molecule has 0 atom stereocenters. The number of rotatable bonds is 4. The molecule has 10 heteroatoms. The van der Waals surface area contributed by atoms with Gasteiger partial charge in [0.1, 0.15) is 22.0 Å². The van der Waals surface area contributed by atoms with Crippen molar-refractivity contribution in [1.82, 2.24) is 9.97 Å². The summed E-state index contributed by atoms with van der Waals surface area (Å²) < 4.78 is 31.9. The van der Waals surface area contributed by atoms with Crippen LogP contribution in [-0.2, 0) is 10.0 Å². The van der Waals surface area contributed by atoms with Crippen molar-refractivity contribution in [2.75, 3.05) is 11.8 Å². The second kappa shape index (κ2) is 6.23. The van der Waals surface area contributed by atoms with Crippen LogP contribution in [0.1, 0.15) is 0 Å². The maximum Gasteiger partial charge on any atom is 0.266 e. The van der Waals surface area contributed by atoms with Crippen molar-refractivity contribution >= 4 is 50.6 Å². The summed E-state index contributed by atoms with van der Waals surface area (Å²) in [6.07, 6.45) is 1.09. The van der Waals surface area contributed by atoms with Gasteiger partial charge in [-0.1, -0.05) is 34.8 Å². The molecular formula is C11H8Cl3N3O3S. The number of ether oxygens (including phenoxy) is 1. The summed E-state index contributed by atoms with van der Waals surface area (Å²) in [6, 6.07) is 4.11. The highest BCUT2D eigenvalue weighted by molar-refractivity contribution is 7.92. The predicted octanol–water partition coefficient (Wildman–Crippen LogP) is 3.25. The maximum absolute atomic E-state index is 12.4. The number of aromatic nitrogens is 2. The van der Waals surface area contributed by atoms with Gasteiger partial charge in [-0.25, -0.2) is 18.4 Å². The first-order valence-corrected chi connectivity index (χ1v) is 7.99. The molecule has 1 heterocycles. The van der Waals surface area contributed by atoms with Crippen LogP contribution in [0.25, 0.3) is 0 Å². The van der Waals surface area contributed by atoms with Gasteiger partial charge in [-0.05, 0) is 12.1 Å². The van der Waals surface area contributed by atoms with E-state index in [2.05, 4.69) is 14.7 Å². The zero-order valence-electron chi connectivity index (χ0n) is 10.5.